The molecule has 0 amide bonds. The van der Waals surface area contributed by atoms with Crippen molar-refractivity contribution in [3.8, 4) is 0 Å². The fourth-order valence-corrected chi connectivity index (χ4v) is 2.32. The summed E-state index contributed by atoms with van der Waals surface area (Å²) in [4.78, 5) is 6.91. The molecule has 0 aliphatic carbocycles. The van der Waals surface area contributed by atoms with Gasteiger partial charge in [-0.2, -0.15) is 0 Å². The summed E-state index contributed by atoms with van der Waals surface area (Å²) in [6.45, 7) is 8.44. The number of anilines is 1. The maximum absolute atomic E-state index is 4.82. The third kappa shape index (κ3) is 3.48. The molecule has 1 N–H and O–H groups in total. The second-order valence-corrected chi connectivity index (χ2v) is 6.09. The summed E-state index contributed by atoms with van der Waals surface area (Å²) in [5.41, 5.74) is 3.58. The van der Waals surface area contributed by atoms with Gasteiger partial charge in [0.05, 0.1) is 5.52 Å². The minimum Gasteiger partial charge on any atom is -0.362 e. The fourth-order valence-electron chi connectivity index (χ4n) is 2.32. The van der Waals surface area contributed by atoms with Crippen molar-refractivity contribution in [3.05, 3.63) is 35.4 Å². The first-order chi connectivity index (χ1) is 9.47. The van der Waals surface area contributed by atoms with Gasteiger partial charge in [0, 0.05) is 31.6 Å². The Bertz CT molecular complexity index is 588. The number of aromatic nitrogens is 1. The molecular formula is C17H25N3. The molecule has 2 aromatic rings. The van der Waals surface area contributed by atoms with Crippen LogP contribution in [0.1, 0.15) is 25.0 Å². The van der Waals surface area contributed by atoms with E-state index in [0.29, 0.717) is 5.92 Å². The Morgan fingerprint density at radius 1 is 1.20 bits per heavy atom. The van der Waals surface area contributed by atoms with E-state index in [0.717, 1.165) is 24.4 Å². The van der Waals surface area contributed by atoms with Gasteiger partial charge in [0.15, 0.2) is 0 Å². The van der Waals surface area contributed by atoms with Crippen molar-refractivity contribution in [2.45, 2.75) is 27.3 Å². The molecular weight excluding hydrogens is 246 g/mol. The lowest BCUT2D eigenvalue weighted by Gasteiger charge is -2.18. The van der Waals surface area contributed by atoms with E-state index in [2.05, 4.69) is 69.3 Å². The van der Waals surface area contributed by atoms with Crippen LogP contribution in [0.15, 0.2) is 24.3 Å². The summed E-state index contributed by atoms with van der Waals surface area (Å²) in [7, 11) is 4.10. The zero-order valence-electron chi connectivity index (χ0n) is 13.2. The Morgan fingerprint density at radius 3 is 2.60 bits per heavy atom. The fraction of sp³-hybridized carbons (Fsp3) is 0.471. The van der Waals surface area contributed by atoms with Gasteiger partial charge in [0.25, 0.3) is 0 Å². The van der Waals surface area contributed by atoms with Crippen LogP contribution in [0.4, 0.5) is 5.82 Å². The molecule has 3 nitrogen and oxygen atoms in total. The Morgan fingerprint density at radius 2 is 1.95 bits per heavy atom. The second kappa shape index (κ2) is 6.23. The van der Waals surface area contributed by atoms with Crippen LogP contribution < -0.4 is 10.2 Å². The molecule has 0 aliphatic heterocycles. The Hall–Kier alpha value is -1.61. The highest BCUT2D eigenvalue weighted by Gasteiger charge is 2.09. The van der Waals surface area contributed by atoms with Crippen molar-refractivity contribution < 1.29 is 0 Å². The number of fused-ring (bicyclic) bond motifs is 1. The van der Waals surface area contributed by atoms with Gasteiger partial charge in [-0.15, -0.1) is 0 Å². The van der Waals surface area contributed by atoms with Crippen LogP contribution in [0.5, 0.6) is 0 Å². The topological polar surface area (TPSA) is 28.2 Å². The van der Waals surface area contributed by atoms with E-state index >= 15 is 0 Å². The predicted octanol–water partition coefficient (Wildman–Crippen LogP) is 3.35. The smallest absolute Gasteiger partial charge is 0.133 e. The van der Waals surface area contributed by atoms with Gasteiger partial charge in [-0.3, -0.25) is 0 Å². The van der Waals surface area contributed by atoms with Gasteiger partial charge in [-0.25, -0.2) is 4.98 Å². The molecule has 0 unspecified atom stereocenters. The minimum absolute atomic E-state index is 0.661. The van der Waals surface area contributed by atoms with Gasteiger partial charge < -0.3 is 10.2 Å². The highest BCUT2D eigenvalue weighted by atomic mass is 15.1. The molecule has 108 valence electrons. The number of pyridine rings is 1. The van der Waals surface area contributed by atoms with Crippen LogP contribution in [0.2, 0.25) is 0 Å². The number of aryl methyl sites for hydroxylation is 1. The zero-order chi connectivity index (χ0) is 14.7. The highest BCUT2D eigenvalue weighted by Crippen LogP contribution is 2.23. The standard InChI is InChI=1S/C17H25N3/c1-12(2)10-18-11-15-9-14-7-6-13(3)8-16(14)19-17(15)20(4)5/h6-9,12,18H,10-11H2,1-5H3. The van der Waals surface area contributed by atoms with E-state index in [9.17, 15) is 0 Å². The van der Waals surface area contributed by atoms with Crippen molar-refractivity contribution in [1.82, 2.24) is 10.3 Å². The van der Waals surface area contributed by atoms with Gasteiger partial charge in [0.2, 0.25) is 0 Å². The van der Waals surface area contributed by atoms with Crippen LogP contribution in [-0.2, 0) is 6.54 Å². The Balaban J connectivity index is 2.35. The summed E-state index contributed by atoms with van der Waals surface area (Å²) in [5.74, 6) is 1.72. The molecule has 0 aliphatic rings. The summed E-state index contributed by atoms with van der Waals surface area (Å²) >= 11 is 0. The molecule has 0 saturated carbocycles. The molecule has 1 aromatic heterocycles. The van der Waals surface area contributed by atoms with Crippen molar-refractivity contribution >= 4 is 16.7 Å². The lowest BCUT2D eigenvalue weighted by Crippen LogP contribution is -2.22. The minimum atomic E-state index is 0.661. The zero-order valence-corrected chi connectivity index (χ0v) is 13.2. The monoisotopic (exact) mass is 271 g/mol. The molecule has 0 fully saturated rings. The molecule has 20 heavy (non-hydrogen) atoms. The molecule has 0 bridgehead atoms. The number of hydrogen-bond acceptors (Lipinski definition) is 3. The number of rotatable bonds is 5. The first-order valence-corrected chi connectivity index (χ1v) is 7.25. The lowest BCUT2D eigenvalue weighted by atomic mass is 10.1. The predicted molar refractivity (Wildman–Crippen MR) is 87.4 cm³/mol. The van der Waals surface area contributed by atoms with Crippen LogP contribution in [0, 0.1) is 12.8 Å². The average molecular weight is 271 g/mol. The molecule has 0 atom stereocenters. The average Bonchev–Trinajstić information content (AvgIpc) is 2.37. The number of nitrogens with one attached hydrogen (secondary N) is 1. The summed E-state index contributed by atoms with van der Waals surface area (Å²) in [6.07, 6.45) is 0. The summed E-state index contributed by atoms with van der Waals surface area (Å²) in [6, 6.07) is 8.70. The van der Waals surface area contributed by atoms with Crippen molar-refractivity contribution in [2.24, 2.45) is 5.92 Å². The van der Waals surface area contributed by atoms with E-state index in [-0.39, 0.29) is 0 Å². The van der Waals surface area contributed by atoms with Crippen LogP contribution in [0.25, 0.3) is 10.9 Å². The molecule has 1 heterocycles. The van der Waals surface area contributed by atoms with E-state index in [1.54, 1.807) is 0 Å². The van der Waals surface area contributed by atoms with Gasteiger partial charge in [0.1, 0.15) is 5.82 Å². The normalized spacial score (nSPS) is 11.3. The van der Waals surface area contributed by atoms with Gasteiger partial charge >= 0.3 is 0 Å². The summed E-state index contributed by atoms with van der Waals surface area (Å²) < 4.78 is 0. The largest absolute Gasteiger partial charge is 0.362 e. The number of hydrogen-bond donors (Lipinski definition) is 1. The van der Waals surface area contributed by atoms with Crippen molar-refractivity contribution in [3.63, 3.8) is 0 Å². The third-order valence-electron chi connectivity index (χ3n) is 3.32. The summed E-state index contributed by atoms with van der Waals surface area (Å²) in [5, 5.41) is 4.72. The number of benzene rings is 1. The van der Waals surface area contributed by atoms with E-state index in [4.69, 9.17) is 4.98 Å². The SMILES string of the molecule is Cc1ccc2cc(CNCC(C)C)c(N(C)C)nc2c1. The lowest BCUT2D eigenvalue weighted by molar-refractivity contribution is 0.552. The molecule has 1 aromatic carbocycles. The van der Waals surface area contributed by atoms with E-state index in [1.807, 2.05) is 0 Å². The Kier molecular flexibility index (Phi) is 4.61. The van der Waals surface area contributed by atoms with E-state index in [1.165, 1.54) is 16.5 Å². The molecule has 0 spiro atoms. The van der Waals surface area contributed by atoms with Crippen molar-refractivity contribution in [1.29, 1.82) is 0 Å². The first kappa shape index (κ1) is 14.8. The maximum atomic E-state index is 4.82. The van der Waals surface area contributed by atoms with Crippen LogP contribution in [-0.4, -0.2) is 25.6 Å². The van der Waals surface area contributed by atoms with Crippen molar-refractivity contribution in [2.75, 3.05) is 25.5 Å². The second-order valence-electron chi connectivity index (χ2n) is 6.09. The maximum Gasteiger partial charge on any atom is 0.133 e. The van der Waals surface area contributed by atoms with Crippen LogP contribution in [0.3, 0.4) is 0 Å². The molecule has 3 heteroatoms. The third-order valence-corrected chi connectivity index (χ3v) is 3.32. The number of nitrogens with zero attached hydrogens (tertiary/aromatic N) is 2. The van der Waals surface area contributed by atoms with Crippen LogP contribution >= 0.6 is 0 Å². The molecule has 0 saturated heterocycles. The first-order valence-electron chi connectivity index (χ1n) is 7.25. The molecule has 2 rings (SSSR count). The highest BCUT2D eigenvalue weighted by molar-refractivity contribution is 5.82. The Labute approximate surface area is 122 Å². The van der Waals surface area contributed by atoms with Gasteiger partial charge in [-0.1, -0.05) is 26.0 Å². The molecule has 0 radical (unpaired) electrons. The van der Waals surface area contributed by atoms with Gasteiger partial charge in [-0.05, 0) is 37.1 Å². The van der Waals surface area contributed by atoms with E-state index < -0.39 is 0 Å². The quantitative estimate of drug-likeness (QED) is 0.904.